The van der Waals surface area contributed by atoms with Crippen LogP contribution in [0.1, 0.15) is 28.4 Å². The molecule has 0 aliphatic heterocycles. The van der Waals surface area contributed by atoms with E-state index in [9.17, 15) is 9.90 Å². The number of nitrogens with zero attached hydrogens (tertiary/aromatic N) is 2. The Morgan fingerprint density at radius 1 is 1.14 bits per heavy atom. The molecule has 112 valence electrons. The lowest BCUT2D eigenvalue weighted by atomic mass is 10.1. The third-order valence-corrected chi connectivity index (χ3v) is 3.48. The number of benzene rings is 2. The zero-order chi connectivity index (χ0) is 15.4. The highest BCUT2D eigenvalue weighted by molar-refractivity contribution is 6.04. The van der Waals surface area contributed by atoms with Crippen molar-refractivity contribution in [2.24, 2.45) is 0 Å². The molecule has 0 unspecified atom stereocenters. The second-order valence-electron chi connectivity index (χ2n) is 4.97. The average molecular weight is 296 g/mol. The van der Waals surface area contributed by atoms with E-state index in [1.54, 1.807) is 18.2 Å². The van der Waals surface area contributed by atoms with Crippen molar-refractivity contribution >= 4 is 16.9 Å². The topological polar surface area (TPSA) is 90.9 Å². The van der Waals surface area contributed by atoms with E-state index in [0.717, 1.165) is 5.56 Å². The predicted octanol–water partition coefficient (Wildman–Crippen LogP) is 1.81. The molecule has 3 aromatic rings. The van der Waals surface area contributed by atoms with Gasteiger partial charge in [0.15, 0.2) is 0 Å². The van der Waals surface area contributed by atoms with E-state index >= 15 is 0 Å². The Bertz CT molecular complexity index is 770. The Morgan fingerprint density at radius 2 is 1.95 bits per heavy atom. The number of carbonyl (C=O) groups excluding carboxylic acids is 1. The molecular weight excluding hydrogens is 280 g/mol. The van der Waals surface area contributed by atoms with Gasteiger partial charge in [-0.15, -0.1) is 0 Å². The molecule has 0 saturated heterocycles. The summed E-state index contributed by atoms with van der Waals surface area (Å²) in [6.45, 7) is 0.378. The van der Waals surface area contributed by atoms with Crippen molar-refractivity contribution in [2.75, 3.05) is 6.54 Å². The molecule has 0 radical (unpaired) electrons. The highest BCUT2D eigenvalue weighted by Crippen LogP contribution is 2.16. The van der Waals surface area contributed by atoms with Gasteiger partial charge in [-0.2, -0.15) is 15.4 Å². The van der Waals surface area contributed by atoms with Crippen LogP contribution in [0.15, 0.2) is 48.5 Å². The maximum atomic E-state index is 12.2. The zero-order valence-electron chi connectivity index (χ0n) is 11.9. The average Bonchev–Trinajstić information content (AvgIpc) is 3.04. The Hall–Kier alpha value is -2.73. The van der Waals surface area contributed by atoms with Gasteiger partial charge in [0.05, 0.1) is 11.7 Å². The maximum Gasteiger partial charge on any atom is 0.253 e. The minimum atomic E-state index is -0.593. The Morgan fingerprint density at radius 3 is 2.77 bits per heavy atom. The molecule has 0 aliphatic carbocycles. The molecule has 22 heavy (non-hydrogen) atoms. The van der Waals surface area contributed by atoms with Crippen LogP contribution in [-0.2, 0) is 0 Å². The van der Waals surface area contributed by atoms with Gasteiger partial charge in [-0.3, -0.25) is 4.79 Å². The van der Waals surface area contributed by atoms with E-state index in [1.165, 1.54) is 0 Å². The normalized spacial score (nSPS) is 12.2. The lowest BCUT2D eigenvalue weighted by Gasteiger charge is -2.11. The van der Waals surface area contributed by atoms with Gasteiger partial charge in [0.2, 0.25) is 0 Å². The van der Waals surface area contributed by atoms with Gasteiger partial charge in [0.25, 0.3) is 5.91 Å². The van der Waals surface area contributed by atoms with E-state index in [-0.39, 0.29) is 5.91 Å². The lowest BCUT2D eigenvalue weighted by molar-refractivity contribution is 0.0944. The molecule has 6 heteroatoms. The van der Waals surface area contributed by atoms with Crippen LogP contribution in [0.4, 0.5) is 0 Å². The van der Waals surface area contributed by atoms with Crippen molar-refractivity contribution in [3.63, 3.8) is 0 Å². The van der Waals surface area contributed by atoms with Gasteiger partial charge in [-0.05, 0) is 24.1 Å². The summed E-state index contributed by atoms with van der Waals surface area (Å²) in [5, 5.41) is 23.3. The Balaban J connectivity index is 1.60. The van der Waals surface area contributed by atoms with Crippen LogP contribution >= 0.6 is 0 Å². The van der Waals surface area contributed by atoms with E-state index in [0.29, 0.717) is 29.6 Å². The molecule has 3 N–H and O–H groups in total. The number of nitrogens with one attached hydrogen (secondary N) is 2. The van der Waals surface area contributed by atoms with Crippen molar-refractivity contribution in [3.8, 4) is 0 Å². The monoisotopic (exact) mass is 296 g/mol. The quantitative estimate of drug-likeness (QED) is 0.669. The predicted molar refractivity (Wildman–Crippen MR) is 82.2 cm³/mol. The number of fused-ring (bicyclic) bond motifs is 1. The summed E-state index contributed by atoms with van der Waals surface area (Å²) in [7, 11) is 0. The number of aromatic amines is 1. The van der Waals surface area contributed by atoms with Crippen molar-refractivity contribution < 1.29 is 9.90 Å². The molecule has 0 spiro atoms. The Labute approximate surface area is 127 Å². The standard InChI is InChI=1S/C16H16N4O2/c21-14(11-5-2-1-3-6-11)9-10-17-16(22)12-7-4-8-13-15(12)19-20-18-13/h1-8,14,21H,9-10H2,(H,17,22)(H,18,19,20)/t14-/m0/s1. The molecule has 1 heterocycles. The van der Waals surface area contributed by atoms with E-state index in [2.05, 4.69) is 20.7 Å². The number of amides is 1. The lowest BCUT2D eigenvalue weighted by Crippen LogP contribution is -2.25. The highest BCUT2D eigenvalue weighted by Gasteiger charge is 2.13. The minimum absolute atomic E-state index is 0.222. The molecule has 1 aromatic heterocycles. The SMILES string of the molecule is O=C(NCC[C@H](O)c1ccccc1)c1cccc2n[nH]nc12. The molecule has 0 fully saturated rings. The van der Waals surface area contributed by atoms with Gasteiger partial charge >= 0.3 is 0 Å². The van der Waals surface area contributed by atoms with E-state index in [4.69, 9.17) is 0 Å². The van der Waals surface area contributed by atoms with Crippen molar-refractivity contribution in [3.05, 3.63) is 59.7 Å². The summed E-state index contributed by atoms with van der Waals surface area (Å²) in [5.74, 6) is -0.222. The third kappa shape index (κ3) is 2.96. The number of carbonyl (C=O) groups is 1. The van der Waals surface area contributed by atoms with Gasteiger partial charge in [0, 0.05) is 6.54 Å². The number of hydrogen-bond donors (Lipinski definition) is 3. The van der Waals surface area contributed by atoms with Crippen LogP contribution in [-0.4, -0.2) is 33.0 Å². The van der Waals surface area contributed by atoms with Gasteiger partial charge in [-0.25, -0.2) is 0 Å². The van der Waals surface area contributed by atoms with Crippen LogP contribution in [0.25, 0.3) is 11.0 Å². The van der Waals surface area contributed by atoms with Crippen molar-refractivity contribution in [2.45, 2.75) is 12.5 Å². The number of aliphatic hydroxyl groups is 1. The van der Waals surface area contributed by atoms with Gasteiger partial charge < -0.3 is 10.4 Å². The molecule has 1 atom stereocenters. The molecule has 6 nitrogen and oxygen atoms in total. The first-order valence-corrected chi connectivity index (χ1v) is 7.06. The number of H-pyrrole nitrogens is 1. The maximum absolute atomic E-state index is 12.2. The molecular formula is C16H16N4O2. The van der Waals surface area contributed by atoms with E-state index < -0.39 is 6.10 Å². The third-order valence-electron chi connectivity index (χ3n) is 3.48. The minimum Gasteiger partial charge on any atom is -0.388 e. The van der Waals surface area contributed by atoms with Crippen LogP contribution in [0.5, 0.6) is 0 Å². The number of aliphatic hydroxyl groups excluding tert-OH is 1. The smallest absolute Gasteiger partial charge is 0.253 e. The first-order valence-electron chi connectivity index (χ1n) is 7.06. The number of hydrogen-bond acceptors (Lipinski definition) is 4. The molecule has 3 rings (SSSR count). The summed E-state index contributed by atoms with van der Waals surface area (Å²) in [6, 6.07) is 14.6. The summed E-state index contributed by atoms with van der Waals surface area (Å²) in [6.07, 6.45) is -0.144. The first kappa shape index (κ1) is 14.2. The molecule has 1 amide bonds. The van der Waals surface area contributed by atoms with Gasteiger partial charge in [-0.1, -0.05) is 36.4 Å². The number of aromatic nitrogens is 3. The van der Waals surface area contributed by atoms with Crippen LogP contribution in [0, 0.1) is 0 Å². The summed E-state index contributed by atoms with van der Waals surface area (Å²) in [4.78, 5) is 12.2. The van der Waals surface area contributed by atoms with Crippen LogP contribution in [0.2, 0.25) is 0 Å². The van der Waals surface area contributed by atoms with Crippen molar-refractivity contribution in [1.29, 1.82) is 0 Å². The molecule has 0 bridgehead atoms. The second kappa shape index (κ2) is 6.36. The largest absolute Gasteiger partial charge is 0.388 e. The second-order valence-corrected chi connectivity index (χ2v) is 4.97. The fourth-order valence-corrected chi connectivity index (χ4v) is 2.31. The van der Waals surface area contributed by atoms with Crippen LogP contribution in [0.3, 0.4) is 0 Å². The highest BCUT2D eigenvalue weighted by atomic mass is 16.3. The fourth-order valence-electron chi connectivity index (χ4n) is 2.31. The molecule has 0 aliphatic rings. The van der Waals surface area contributed by atoms with Crippen molar-refractivity contribution in [1.82, 2.24) is 20.7 Å². The van der Waals surface area contributed by atoms with Crippen LogP contribution < -0.4 is 5.32 Å². The molecule has 2 aromatic carbocycles. The summed E-state index contributed by atoms with van der Waals surface area (Å²) < 4.78 is 0. The fraction of sp³-hybridized carbons (Fsp3) is 0.188. The number of para-hydroxylation sites is 1. The summed E-state index contributed by atoms with van der Waals surface area (Å²) >= 11 is 0. The number of rotatable bonds is 5. The van der Waals surface area contributed by atoms with E-state index in [1.807, 2.05) is 30.3 Å². The Kier molecular flexibility index (Phi) is 4.11. The van der Waals surface area contributed by atoms with Gasteiger partial charge in [0.1, 0.15) is 11.0 Å². The first-order chi connectivity index (χ1) is 10.8. The summed E-state index contributed by atoms with van der Waals surface area (Å²) in [5.41, 5.74) is 2.51. The zero-order valence-corrected chi connectivity index (χ0v) is 11.9. The molecule has 0 saturated carbocycles.